The van der Waals surface area contributed by atoms with E-state index in [1.54, 1.807) is 36.4 Å². The van der Waals surface area contributed by atoms with Gasteiger partial charge in [0.25, 0.3) is 0 Å². The van der Waals surface area contributed by atoms with Crippen LogP contribution in [0.3, 0.4) is 0 Å². The molecule has 0 saturated heterocycles. The number of alkyl halides is 1. The first-order valence-electron chi connectivity index (χ1n) is 20.6. The van der Waals surface area contributed by atoms with Crippen LogP contribution in [0, 0.1) is 0 Å². The fraction of sp³-hybridized carbons (Fsp3) is 0.200. The van der Waals surface area contributed by atoms with Crippen LogP contribution in [0.2, 0.25) is 10.0 Å². The average molecular weight is 938 g/mol. The third-order valence-corrected chi connectivity index (χ3v) is 9.86. The van der Waals surface area contributed by atoms with Crippen LogP contribution in [-0.4, -0.2) is 32.2 Å². The maximum atomic E-state index is 12.3. The zero-order valence-electron chi connectivity index (χ0n) is 36.1. The molecule has 6 aromatic carbocycles. The Labute approximate surface area is 391 Å². The molecule has 0 amide bonds. The monoisotopic (exact) mass is 936 g/mol. The van der Waals surface area contributed by atoms with Crippen molar-refractivity contribution >= 4 is 34.8 Å². The van der Waals surface area contributed by atoms with Crippen LogP contribution in [0.4, 0.5) is 0 Å². The number of nitrogens with zero attached hydrogens (tertiary/aromatic N) is 3. The first kappa shape index (κ1) is 47.7. The number of nitrogens with one attached hydrogen (secondary N) is 1. The van der Waals surface area contributed by atoms with Crippen LogP contribution in [0.5, 0.6) is 23.0 Å². The summed E-state index contributed by atoms with van der Waals surface area (Å²) in [7, 11) is 0. The first-order valence-corrected chi connectivity index (χ1v) is 21.9. The van der Waals surface area contributed by atoms with Crippen molar-refractivity contribution in [3.05, 3.63) is 199 Å². The number of halogens is 3. The number of aromatic nitrogens is 4. The van der Waals surface area contributed by atoms with Crippen LogP contribution in [-0.2, 0) is 25.6 Å². The zero-order valence-corrected chi connectivity index (χ0v) is 38.3. The fourth-order valence-electron chi connectivity index (χ4n) is 5.86. The van der Waals surface area contributed by atoms with Gasteiger partial charge in [0.1, 0.15) is 36.2 Å². The summed E-state index contributed by atoms with van der Waals surface area (Å²) >= 11 is 18.0. The minimum Gasteiger partial charge on any atom is -0.489 e. The van der Waals surface area contributed by atoms with E-state index < -0.39 is 11.5 Å². The second-order valence-corrected chi connectivity index (χ2v) is 15.9. The Kier molecular flexibility index (Phi) is 17.5. The molecule has 8 rings (SSSR count). The van der Waals surface area contributed by atoms with E-state index in [0.717, 1.165) is 28.2 Å². The van der Waals surface area contributed by atoms with Gasteiger partial charge >= 0.3 is 11.5 Å². The summed E-state index contributed by atoms with van der Waals surface area (Å²) in [4.78, 5) is 23.1. The zero-order chi connectivity index (χ0) is 46.1. The minimum absolute atomic E-state index is 0.00520. The second-order valence-electron chi connectivity index (χ2n) is 14.8. The molecule has 2 aromatic heterocycles. The van der Waals surface area contributed by atoms with Gasteiger partial charge in [0.15, 0.2) is 0 Å². The van der Waals surface area contributed by atoms with Gasteiger partial charge < -0.3 is 27.8 Å². The highest BCUT2D eigenvalue weighted by Gasteiger charge is 2.14. The number of ether oxygens (including phenoxy) is 4. The molecule has 2 heterocycles. The van der Waals surface area contributed by atoms with E-state index in [4.69, 9.17) is 62.6 Å². The summed E-state index contributed by atoms with van der Waals surface area (Å²) < 4.78 is 34.0. The van der Waals surface area contributed by atoms with Crippen molar-refractivity contribution < 1.29 is 27.8 Å². The largest absolute Gasteiger partial charge is 0.489 e. The third kappa shape index (κ3) is 14.9. The Morgan fingerprint density at radius 3 is 1.49 bits per heavy atom. The van der Waals surface area contributed by atoms with Gasteiger partial charge in [-0.05, 0) is 111 Å². The maximum Gasteiger partial charge on any atom is 0.437 e. The van der Waals surface area contributed by atoms with Crippen LogP contribution in [0.25, 0.3) is 22.9 Å². The van der Waals surface area contributed by atoms with Gasteiger partial charge in [0.05, 0.1) is 28.8 Å². The van der Waals surface area contributed by atoms with Gasteiger partial charge in [-0.3, -0.25) is 0 Å². The molecule has 0 aliphatic carbocycles. The average Bonchev–Trinajstić information content (AvgIpc) is 3.92. The summed E-state index contributed by atoms with van der Waals surface area (Å²) in [6.07, 6.45) is 0.0484. The van der Waals surface area contributed by atoms with E-state index in [2.05, 4.69) is 15.3 Å². The number of rotatable bonds is 15. The lowest BCUT2D eigenvalue weighted by Crippen LogP contribution is -2.16. The van der Waals surface area contributed by atoms with E-state index >= 15 is 0 Å². The lowest BCUT2D eigenvalue weighted by Gasteiger charge is -2.11. The van der Waals surface area contributed by atoms with Gasteiger partial charge in [-0.15, -0.1) is 21.8 Å². The molecule has 0 bridgehead atoms. The molecule has 0 radical (unpaired) electrons. The Hall–Kier alpha value is -6.73. The van der Waals surface area contributed by atoms with Crippen LogP contribution in [0.15, 0.2) is 164 Å². The number of aromatic amines is 1. The van der Waals surface area contributed by atoms with Crippen LogP contribution < -0.4 is 30.5 Å². The molecule has 15 heteroatoms. The molecular formula is C50H47Cl3N4O8. The van der Waals surface area contributed by atoms with E-state index in [-0.39, 0.29) is 30.5 Å². The molecular weight excluding hydrogens is 891 g/mol. The number of hydrogen-bond donors (Lipinski definition) is 1. The molecule has 336 valence electrons. The predicted molar refractivity (Wildman–Crippen MR) is 253 cm³/mol. The van der Waals surface area contributed by atoms with E-state index in [1.165, 1.54) is 10.2 Å². The Balaban J connectivity index is 0.000000178. The highest BCUT2D eigenvalue weighted by atomic mass is 35.5. The summed E-state index contributed by atoms with van der Waals surface area (Å²) in [5, 5.41) is 11.1. The highest BCUT2D eigenvalue weighted by molar-refractivity contribution is 6.32. The van der Waals surface area contributed by atoms with E-state index in [1.807, 2.05) is 137 Å². The molecule has 0 aliphatic heterocycles. The van der Waals surface area contributed by atoms with E-state index in [9.17, 15) is 9.59 Å². The van der Waals surface area contributed by atoms with Gasteiger partial charge in [-0.2, -0.15) is 4.68 Å². The molecule has 65 heavy (non-hydrogen) atoms. The van der Waals surface area contributed by atoms with Gasteiger partial charge in [0.2, 0.25) is 11.8 Å². The Morgan fingerprint density at radius 2 is 1.06 bits per heavy atom. The number of H-pyrrole nitrogens is 1. The van der Waals surface area contributed by atoms with Crippen molar-refractivity contribution in [3.63, 3.8) is 0 Å². The van der Waals surface area contributed by atoms with Crippen molar-refractivity contribution in [3.8, 4) is 45.9 Å². The Morgan fingerprint density at radius 1 is 0.585 bits per heavy atom. The quantitative estimate of drug-likeness (QED) is 0.0986. The van der Waals surface area contributed by atoms with Crippen molar-refractivity contribution in [2.45, 2.75) is 65.5 Å². The minimum atomic E-state index is -0.598. The van der Waals surface area contributed by atoms with Crippen molar-refractivity contribution in [1.82, 2.24) is 20.0 Å². The number of benzene rings is 6. The molecule has 12 nitrogen and oxygen atoms in total. The summed E-state index contributed by atoms with van der Waals surface area (Å²) in [6.45, 7) is 9.05. The molecule has 0 saturated carbocycles. The summed E-state index contributed by atoms with van der Waals surface area (Å²) in [5.41, 5.74) is 5.49. The number of hydrogen-bond acceptors (Lipinski definition) is 10. The highest BCUT2D eigenvalue weighted by Crippen LogP contribution is 2.31. The van der Waals surface area contributed by atoms with E-state index in [0.29, 0.717) is 51.8 Å². The molecule has 0 aliphatic rings. The standard InChI is InChI=1S/C25H23ClN2O4.C14H13ClO.C11H11ClN2O3/c1-17(2)31-23-13-10-20(14-22(23)26)24-27-28(25(29)32-24)15-18-8-11-21(12-9-18)30-16-19-6-4-3-5-7-19;15-10-12-6-8-14(9-7-12)16-11-13-4-2-1-3-5-13;1-6(2)16-9-4-3-7(5-8(9)12)10-13-14-11(15)17-10/h3-14,17H,15-16H2,1-2H3;1-9H,10-11H2;3-6H,1-2H3,(H,14,15). The maximum absolute atomic E-state index is 12.3. The smallest absolute Gasteiger partial charge is 0.437 e. The molecule has 1 N–H and O–H groups in total. The molecule has 0 fully saturated rings. The normalized spacial score (nSPS) is 10.7. The van der Waals surface area contributed by atoms with Crippen LogP contribution in [0.1, 0.15) is 49.9 Å². The lowest BCUT2D eigenvalue weighted by atomic mass is 10.2. The van der Waals surface area contributed by atoms with Crippen molar-refractivity contribution in [1.29, 1.82) is 0 Å². The van der Waals surface area contributed by atoms with Gasteiger partial charge in [-0.25, -0.2) is 14.7 Å². The van der Waals surface area contributed by atoms with Crippen molar-refractivity contribution in [2.75, 3.05) is 0 Å². The van der Waals surface area contributed by atoms with Gasteiger partial charge in [0, 0.05) is 17.0 Å². The van der Waals surface area contributed by atoms with Crippen LogP contribution >= 0.6 is 34.8 Å². The second kappa shape index (κ2) is 23.8. The molecule has 0 unspecified atom stereocenters. The Bertz CT molecular complexity index is 2810. The molecule has 0 atom stereocenters. The summed E-state index contributed by atoms with van der Waals surface area (Å²) in [5.74, 6) is 2.59. The van der Waals surface area contributed by atoms with Crippen molar-refractivity contribution in [2.24, 2.45) is 0 Å². The fourth-order valence-corrected chi connectivity index (χ4v) is 6.49. The lowest BCUT2D eigenvalue weighted by molar-refractivity contribution is 0.242. The molecule has 0 spiro atoms. The van der Waals surface area contributed by atoms with Gasteiger partial charge in [-0.1, -0.05) is 108 Å². The topological polar surface area (TPSA) is 144 Å². The SMILES string of the molecule is CC(C)Oc1ccc(-c2n[nH]c(=O)o2)cc1Cl.CC(C)Oc1ccc(-c2nn(Cc3ccc(OCc4ccccc4)cc3)c(=O)o2)cc1Cl.ClCc1ccc(OCc2ccccc2)cc1. The first-order chi connectivity index (χ1) is 31.4. The predicted octanol–water partition coefficient (Wildman–Crippen LogP) is 12.0. The third-order valence-electron chi connectivity index (χ3n) is 8.96. The summed E-state index contributed by atoms with van der Waals surface area (Å²) in [6, 6.07) is 45.7. The molecule has 8 aromatic rings.